The topological polar surface area (TPSA) is 116 Å². The van der Waals surface area contributed by atoms with E-state index in [1.54, 1.807) is 0 Å². The van der Waals surface area contributed by atoms with Gasteiger partial charge in [0.1, 0.15) is 0 Å². The van der Waals surface area contributed by atoms with Crippen LogP contribution in [0.1, 0.15) is 51.4 Å². The molecule has 8 atom stereocenters. The number of carboxylic acids is 1. The van der Waals surface area contributed by atoms with Gasteiger partial charge >= 0.3 is 23.9 Å². The van der Waals surface area contributed by atoms with Crippen molar-refractivity contribution in [2.45, 2.75) is 51.4 Å². The summed E-state index contributed by atoms with van der Waals surface area (Å²) in [6, 6.07) is 0. The molecule has 0 heterocycles. The number of methoxy groups -OCH3 is 1. The SMILES string of the molecule is COC(=O)C1C2CCC(C2)C1C(=O)OCCCCOC(=O)C1C2CCC(C2)C1C(=O)O. The number of unbranched alkanes of at least 4 members (excludes halogenated alkanes) is 1. The first kappa shape index (κ1) is 22.1. The molecule has 4 bridgehead atoms. The summed E-state index contributed by atoms with van der Waals surface area (Å²) >= 11 is 0. The predicted octanol–water partition coefficient (Wildman–Crippen LogP) is 2.44. The quantitative estimate of drug-likeness (QED) is 0.333. The summed E-state index contributed by atoms with van der Waals surface area (Å²) in [6.07, 6.45) is 6.48. The van der Waals surface area contributed by atoms with Gasteiger partial charge in [-0.3, -0.25) is 19.2 Å². The first-order valence-corrected chi connectivity index (χ1v) is 11.6. The highest BCUT2D eigenvalue weighted by molar-refractivity contribution is 5.84. The first-order valence-electron chi connectivity index (χ1n) is 11.6. The number of fused-ring (bicyclic) bond motifs is 4. The van der Waals surface area contributed by atoms with Crippen LogP contribution in [0, 0.1) is 47.3 Å². The number of hydrogen-bond donors (Lipinski definition) is 1. The van der Waals surface area contributed by atoms with E-state index in [-0.39, 0.29) is 54.7 Å². The smallest absolute Gasteiger partial charge is 0.310 e. The maximum atomic E-state index is 12.6. The number of rotatable bonds is 9. The Morgan fingerprint density at radius 2 is 1.06 bits per heavy atom. The molecule has 0 spiro atoms. The molecule has 0 saturated heterocycles. The van der Waals surface area contributed by atoms with E-state index in [1.165, 1.54) is 7.11 Å². The molecular weight excluding hydrogens is 404 g/mol. The average Bonchev–Trinajstić information content (AvgIpc) is 3.54. The van der Waals surface area contributed by atoms with Crippen LogP contribution in [0.4, 0.5) is 0 Å². The van der Waals surface area contributed by atoms with Gasteiger partial charge in [-0.2, -0.15) is 0 Å². The normalized spacial score (nSPS) is 37.6. The molecule has 0 aliphatic heterocycles. The lowest BCUT2D eigenvalue weighted by Crippen LogP contribution is -2.36. The molecule has 31 heavy (non-hydrogen) atoms. The number of carbonyl (C=O) groups excluding carboxylic acids is 3. The van der Waals surface area contributed by atoms with Crippen LogP contribution in [-0.2, 0) is 33.4 Å². The number of carboxylic acid groups (broad SMARTS) is 1. The third-order valence-corrected chi connectivity index (χ3v) is 8.16. The third-order valence-electron chi connectivity index (χ3n) is 8.16. The molecule has 4 rings (SSSR count). The lowest BCUT2D eigenvalue weighted by atomic mass is 9.79. The molecule has 4 saturated carbocycles. The maximum absolute atomic E-state index is 12.6. The molecule has 8 heteroatoms. The lowest BCUT2D eigenvalue weighted by Gasteiger charge is -2.27. The second-order valence-electron chi connectivity index (χ2n) is 9.67. The minimum absolute atomic E-state index is 0.0964. The van der Waals surface area contributed by atoms with Gasteiger partial charge in [0.2, 0.25) is 0 Å². The van der Waals surface area contributed by atoms with Crippen molar-refractivity contribution in [3.63, 3.8) is 0 Å². The monoisotopic (exact) mass is 436 g/mol. The molecule has 0 amide bonds. The standard InChI is InChI=1S/C23H32O8/c1-29-21(26)18-14-6-7-15(11-14)19(18)23(28)31-9-3-2-8-30-22(27)17-13-5-4-12(10-13)16(17)20(24)25/h12-19H,2-11H2,1H3,(H,24,25). The Bertz CT molecular complexity index is 733. The molecule has 4 aliphatic rings. The Balaban J connectivity index is 1.16. The van der Waals surface area contributed by atoms with Gasteiger partial charge in [-0.1, -0.05) is 0 Å². The number of esters is 3. The van der Waals surface area contributed by atoms with Crippen LogP contribution < -0.4 is 0 Å². The van der Waals surface area contributed by atoms with Crippen molar-refractivity contribution in [3.05, 3.63) is 0 Å². The minimum Gasteiger partial charge on any atom is -0.481 e. The Morgan fingerprint density at radius 3 is 1.48 bits per heavy atom. The summed E-state index contributed by atoms with van der Waals surface area (Å²) in [6.45, 7) is 0.402. The molecule has 1 N–H and O–H groups in total. The van der Waals surface area contributed by atoms with Crippen molar-refractivity contribution in [1.82, 2.24) is 0 Å². The molecule has 8 nitrogen and oxygen atoms in total. The van der Waals surface area contributed by atoms with Gasteiger partial charge in [-0.25, -0.2) is 0 Å². The number of ether oxygens (including phenoxy) is 3. The van der Waals surface area contributed by atoms with E-state index in [2.05, 4.69) is 0 Å². The van der Waals surface area contributed by atoms with Crippen molar-refractivity contribution >= 4 is 23.9 Å². The Hall–Kier alpha value is -2.12. The fraction of sp³-hybridized carbons (Fsp3) is 0.826. The number of hydrogen-bond acceptors (Lipinski definition) is 7. The van der Waals surface area contributed by atoms with Crippen molar-refractivity contribution in [1.29, 1.82) is 0 Å². The van der Waals surface area contributed by atoms with Gasteiger partial charge in [0.25, 0.3) is 0 Å². The van der Waals surface area contributed by atoms with Crippen molar-refractivity contribution in [2.24, 2.45) is 47.3 Å². The van der Waals surface area contributed by atoms with Crippen molar-refractivity contribution < 1.29 is 38.5 Å². The Labute approximate surface area is 182 Å². The van der Waals surface area contributed by atoms with Crippen LogP contribution in [0.5, 0.6) is 0 Å². The molecule has 4 fully saturated rings. The molecule has 0 aromatic rings. The van der Waals surface area contributed by atoms with Crippen LogP contribution in [0.2, 0.25) is 0 Å². The largest absolute Gasteiger partial charge is 0.481 e. The second kappa shape index (κ2) is 9.17. The zero-order valence-electron chi connectivity index (χ0n) is 18.0. The van der Waals surface area contributed by atoms with E-state index in [1.807, 2.05) is 0 Å². The zero-order chi connectivity index (χ0) is 22.1. The van der Waals surface area contributed by atoms with Gasteiger partial charge in [0.15, 0.2) is 0 Å². The molecule has 8 unspecified atom stereocenters. The maximum Gasteiger partial charge on any atom is 0.310 e. The van der Waals surface area contributed by atoms with Gasteiger partial charge in [-0.15, -0.1) is 0 Å². The van der Waals surface area contributed by atoms with E-state index in [0.717, 1.165) is 38.5 Å². The van der Waals surface area contributed by atoms with Gasteiger partial charge in [0.05, 0.1) is 44.0 Å². The summed E-state index contributed by atoms with van der Waals surface area (Å²) in [5, 5.41) is 9.46. The summed E-state index contributed by atoms with van der Waals surface area (Å²) in [5.74, 6) is -3.24. The van der Waals surface area contributed by atoms with E-state index < -0.39 is 29.7 Å². The second-order valence-corrected chi connectivity index (χ2v) is 9.67. The average molecular weight is 437 g/mol. The summed E-state index contributed by atoms with van der Waals surface area (Å²) in [4.78, 5) is 48.7. The Morgan fingerprint density at radius 1 is 0.677 bits per heavy atom. The molecular formula is C23H32O8. The van der Waals surface area contributed by atoms with E-state index >= 15 is 0 Å². The van der Waals surface area contributed by atoms with Crippen LogP contribution in [0.15, 0.2) is 0 Å². The third kappa shape index (κ3) is 4.17. The van der Waals surface area contributed by atoms with Crippen LogP contribution in [-0.4, -0.2) is 49.3 Å². The highest BCUT2D eigenvalue weighted by Crippen LogP contribution is 2.54. The lowest BCUT2D eigenvalue weighted by molar-refractivity contribution is -0.162. The van der Waals surface area contributed by atoms with Gasteiger partial charge < -0.3 is 19.3 Å². The molecule has 4 aliphatic carbocycles. The van der Waals surface area contributed by atoms with E-state index in [0.29, 0.717) is 12.8 Å². The minimum atomic E-state index is -0.896. The molecule has 172 valence electrons. The summed E-state index contributed by atoms with van der Waals surface area (Å²) in [7, 11) is 1.35. The highest BCUT2D eigenvalue weighted by atomic mass is 16.5. The summed E-state index contributed by atoms with van der Waals surface area (Å²) in [5.41, 5.74) is 0. The van der Waals surface area contributed by atoms with E-state index in [9.17, 15) is 24.3 Å². The van der Waals surface area contributed by atoms with Crippen molar-refractivity contribution in [3.8, 4) is 0 Å². The van der Waals surface area contributed by atoms with Crippen LogP contribution >= 0.6 is 0 Å². The fourth-order valence-corrected chi connectivity index (χ4v) is 6.83. The predicted molar refractivity (Wildman–Crippen MR) is 106 cm³/mol. The zero-order valence-corrected chi connectivity index (χ0v) is 18.0. The Kier molecular flexibility index (Phi) is 6.53. The molecule has 0 radical (unpaired) electrons. The van der Waals surface area contributed by atoms with Crippen molar-refractivity contribution in [2.75, 3.05) is 20.3 Å². The van der Waals surface area contributed by atoms with Crippen LogP contribution in [0.3, 0.4) is 0 Å². The first-order chi connectivity index (χ1) is 14.9. The van der Waals surface area contributed by atoms with Crippen LogP contribution in [0.25, 0.3) is 0 Å². The molecule has 0 aromatic heterocycles. The number of carbonyl (C=O) groups is 4. The fourth-order valence-electron chi connectivity index (χ4n) is 6.83. The van der Waals surface area contributed by atoms with Gasteiger partial charge in [-0.05, 0) is 75.0 Å². The number of aliphatic carboxylic acids is 1. The summed E-state index contributed by atoms with van der Waals surface area (Å²) < 4.78 is 15.7. The molecule has 0 aromatic carbocycles. The van der Waals surface area contributed by atoms with E-state index in [4.69, 9.17) is 14.2 Å². The highest BCUT2D eigenvalue weighted by Gasteiger charge is 2.56. The van der Waals surface area contributed by atoms with Gasteiger partial charge in [0, 0.05) is 0 Å².